The van der Waals surface area contributed by atoms with E-state index < -0.39 is 17.6 Å². The van der Waals surface area contributed by atoms with Crippen LogP contribution < -0.4 is 5.32 Å². The molecule has 1 amide bonds. The van der Waals surface area contributed by atoms with Crippen LogP contribution >= 0.6 is 0 Å². The highest BCUT2D eigenvalue weighted by atomic mass is 19.4. The number of carbonyl (C=O) groups excluding carboxylic acids is 1. The topological polar surface area (TPSA) is 67.2 Å². The molecule has 0 spiro atoms. The zero-order valence-corrected chi connectivity index (χ0v) is 13.0. The molecule has 24 heavy (non-hydrogen) atoms. The molecule has 5 nitrogen and oxygen atoms in total. The Morgan fingerprint density at radius 2 is 2.12 bits per heavy atom. The highest BCUT2D eigenvalue weighted by molar-refractivity contribution is 5.92. The quantitative estimate of drug-likeness (QED) is 0.849. The van der Waals surface area contributed by atoms with E-state index in [1.165, 1.54) is 29.1 Å². The lowest BCUT2D eigenvalue weighted by Gasteiger charge is -2.10. The maximum atomic E-state index is 12.7. The van der Waals surface area contributed by atoms with E-state index in [9.17, 15) is 18.0 Å². The molecule has 2 N–H and O–H groups in total. The molecule has 2 rings (SSSR count). The van der Waals surface area contributed by atoms with Gasteiger partial charge in [-0.1, -0.05) is 13.0 Å². The third kappa shape index (κ3) is 4.58. The largest absolute Gasteiger partial charge is 0.416 e. The molecule has 0 fully saturated rings. The second kappa shape index (κ2) is 7.48. The van der Waals surface area contributed by atoms with Gasteiger partial charge in [0, 0.05) is 19.3 Å². The number of amides is 1. The van der Waals surface area contributed by atoms with Crippen LogP contribution in [0, 0.1) is 5.92 Å². The molecule has 0 saturated carbocycles. The van der Waals surface area contributed by atoms with Crippen LogP contribution in [0.3, 0.4) is 0 Å². The predicted octanol–water partition coefficient (Wildman–Crippen LogP) is 2.64. The van der Waals surface area contributed by atoms with Crippen molar-refractivity contribution in [3.8, 4) is 5.69 Å². The number of nitrogens with zero attached hydrogens (tertiary/aromatic N) is 2. The predicted molar refractivity (Wildman–Crippen MR) is 81.8 cm³/mol. The van der Waals surface area contributed by atoms with Gasteiger partial charge in [0.1, 0.15) is 0 Å². The summed E-state index contributed by atoms with van der Waals surface area (Å²) >= 11 is 0. The van der Waals surface area contributed by atoms with Crippen LogP contribution in [0.25, 0.3) is 5.69 Å². The average Bonchev–Trinajstić information content (AvgIpc) is 3.02. The average molecular weight is 341 g/mol. The second-order valence-corrected chi connectivity index (χ2v) is 5.52. The number of carbonyl (C=O) groups is 1. The highest BCUT2D eigenvalue weighted by Crippen LogP contribution is 2.30. The molecule has 2 aromatic rings. The Morgan fingerprint density at radius 3 is 2.79 bits per heavy atom. The Balaban J connectivity index is 2.09. The standard InChI is InChI=1S/C16H18F3N3O2/c1-11(6-8-23)10-20-15(24)14-5-7-22(21-14)13-4-2-3-12(9-13)16(17,18)19/h2-5,7,9,11,23H,6,8,10H2,1H3,(H,20,24). The van der Waals surface area contributed by atoms with E-state index >= 15 is 0 Å². The molecule has 1 aromatic carbocycles. The maximum absolute atomic E-state index is 12.7. The minimum Gasteiger partial charge on any atom is -0.396 e. The molecule has 0 aliphatic heterocycles. The molecular weight excluding hydrogens is 323 g/mol. The van der Waals surface area contributed by atoms with E-state index in [0.717, 1.165) is 12.1 Å². The first-order valence-electron chi connectivity index (χ1n) is 7.43. The van der Waals surface area contributed by atoms with Gasteiger partial charge in [-0.2, -0.15) is 18.3 Å². The lowest BCUT2D eigenvalue weighted by atomic mass is 10.1. The van der Waals surface area contributed by atoms with Crippen LogP contribution in [0.15, 0.2) is 36.5 Å². The van der Waals surface area contributed by atoms with Crippen molar-refractivity contribution < 1.29 is 23.1 Å². The first-order chi connectivity index (χ1) is 11.3. The van der Waals surface area contributed by atoms with Gasteiger partial charge in [0.15, 0.2) is 5.69 Å². The zero-order valence-electron chi connectivity index (χ0n) is 13.0. The monoisotopic (exact) mass is 341 g/mol. The Morgan fingerprint density at radius 1 is 1.38 bits per heavy atom. The molecule has 8 heteroatoms. The summed E-state index contributed by atoms with van der Waals surface area (Å²) in [6, 6.07) is 6.15. The molecule has 1 unspecified atom stereocenters. The fraction of sp³-hybridized carbons (Fsp3) is 0.375. The van der Waals surface area contributed by atoms with E-state index in [1.54, 1.807) is 0 Å². The second-order valence-electron chi connectivity index (χ2n) is 5.52. The van der Waals surface area contributed by atoms with Gasteiger partial charge in [0.05, 0.1) is 11.3 Å². The van der Waals surface area contributed by atoms with Crippen LogP contribution in [0.2, 0.25) is 0 Å². The number of rotatable bonds is 6. The van der Waals surface area contributed by atoms with E-state index in [2.05, 4.69) is 10.4 Å². The van der Waals surface area contributed by atoms with Gasteiger partial charge in [0.25, 0.3) is 5.91 Å². The van der Waals surface area contributed by atoms with Crippen LogP contribution in [-0.2, 0) is 6.18 Å². The molecular formula is C16H18F3N3O2. The smallest absolute Gasteiger partial charge is 0.396 e. The number of benzene rings is 1. The Labute approximate surface area is 137 Å². The van der Waals surface area contributed by atoms with Crippen molar-refractivity contribution in [1.82, 2.24) is 15.1 Å². The van der Waals surface area contributed by atoms with Gasteiger partial charge in [-0.25, -0.2) is 4.68 Å². The molecule has 130 valence electrons. The third-order valence-corrected chi connectivity index (χ3v) is 3.49. The molecule has 1 atom stereocenters. The summed E-state index contributed by atoms with van der Waals surface area (Å²) in [5.74, 6) is -0.296. The lowest BCUT2D eigenvalue weighted by Crippen LogP contribution is -2.29. The molecule has 0 saturated heterocycles. The molecule has 0 aliphatic rings. The van der Waals surface area contributed by atoms with Crippen molar-refractivity contribution in [2.45, 2.75) is 19.5 Å². The van der Waals surface area contributed by atoms with Gasteiger partial charge in [-0.15, -0.1) is 0 Å². The highest BCUT2D eigenvalue weighted by Gasteiger charge is 2.30. The maximum Gasteiger partial charge on any atom is 0.416 e. The van der Waals surface area contributed by atoms with Gasteiger partial charge >= 0.3 is 6.18 Å². The van der Waals surface area contributed by atoms with Crippen LogP contribution in [0.5, 0.6) is 0 Å². The minimum absolute atomic E-state index is 0.0429. The first-order valence-corrected chi connectivity index (χ1v) is 7.43. The number of nitrogens with one attached hydrogen (secondary N) is 1. The normalized spacial score (nSPS) is 12.9. The molecule has 1 heterocycles. The van der Waals surface area contributed by atoms with Crippen LogP contribution in [0.1, 0.15) is 29.4 Å². The summed E-state index contributed by atoms with van der Waals surface area (Å²) in [7, 11) is 0. The lowest BCUT2D eigenvalue weighted by molar-refractivity contribution is -0.137. The SMILES string of the molecule is CC(CCO)CNC(=O)c1ccn(-c2cccc(C(F)(F)F)c2)n1. The Hall–Kier alpha value is -2.35. The fourth-order valence-electron chi connectivity index (χ4n) is 2.09. The van der Waals surface area contributed by atoms with E-state index in [1.807, 2.05) is 6.92 Å². The minimum atomic E-state index is -4.44. The van der Waals surface area contributed by atoms with Crippen LogP contribution in [-0.4, -0.2) is 33.9 Å². The third-order valence-electron chi connectivity index (χ3n) is 3.49. The zero-order chi connectivity index (χ0) is 17.7. The molecule has 0 aliphatic carbocycles. The Bertz CT molecular complexity index is 698. The van der Waals surface area contributed by atoms with E-state index in [0.29, 0.717) is 13.0 Å². The van der Waals surface area contributed by atoms with Crippen molar-refractivity contribution in [2.75, 3.05) is 13.2 Å². The number of hydrogen-bond donors (Lipinski definition) is 2. The Kier molecular flexibility index (Phi) is 5.61. The number of aliphatic hydroxyl groups is 1. The summed E-state index contributed by atoms with van der Waals surface area (Å²) in [5.41, 5.74) is -0.444. The molecule has 0 bridgehead atoms. The van der Waals surface area contributed by atoms with Gasteiger partial charge < -0.3 is 10.4 Å². The summed E-state index contributed by atoms with van der Waals surface area (Å²) < 4.78 is 39.5. The van der Waals surface area contributed by atoms with Crippen molar-refractivity contribution in [1.29, 1.82) is 0 Å². The van der Waals surface area contributed by atoms with Gasteiger partial charge in [-0.3, -0.25) is 4.79 Å². The number of hydrogen-bond acceptors (Lipinski definition) is 3. The molecule has 0 radical (unpaired) electrons. The molecule has 1 aromatic heterocycles. The van der Waals surface area contributed by atoms with E-state index in [4.69, 9.17) is 5.11 Å². The number of halogens is 3. The van der Waals surface area contributed by atoms with Gasteiger partial charge in [-0.05, 0) is 36.6 Å². The number of alkyl halides is 3. The fourth-order valence-corrected chi connectivity index (χ4v) is 2.09. The number of aliphatic hydroxyl groups excluding tert-OH is 1. The van der Waals surface area contributed by atoms with Crippen molar-refractivity contribution in [3.63, 3.8) is 0 Å². The summed E-state index contributed by atoms with van der Waals surface area (Å²) in [6.45, 7) is 2.31. The van der Waals surface area contributed by atoms with Crippen LogP contribution in [0.4, 0.5) is 13.2 Å². The summed E-state index contributed by atoms with van der Waals surface area (Å²) in [6.07, 6.45) is -2.44. The van der Waals surface area contributed by atoms with Crippen molar-refractivity contribution >= 4 is 5.91 Å². The van der Waals surface area contributed by atoms with E-state index in [-0.39, 0.29) is 23.9 Å². The summed E-state index contributed by atoms with van der Waals surface area (Å²) in [4.78, 5) is 12.0. The number of aromatic nitrogens is 2. The first kappa shape index (κ1) is 18.0. The van der Waals surface area contributed by atoms with Crippen molar-refractivity contribution in [2.24, 2.45) is 5.92 Å². The van der Waals surface area contributed by atoms with Crippen molar-refractivity contribution in [3.05, 3.63) is 47.8 Å². The van der Waals surface area contributed by atoms with Gasteiger partial charge in [0.2, 0.25) is 0 Å². The summed E-state index contributed by atoms with van der Waals surface area (Å²) in [5, 5.41) is 15.5.